The number of fused-ring (bicyclic) bond motifs is 1. The van der Waals surface area contributed by atoms with Crippen molar-refractivity contribution in [1.29, 1.82) is 0 Å². The first kappa shape index (κ1) is 13.4. The zero-order chi connectivity index (χ0) is 13.1. The Bertz CT molecular complexity index is 453. The van der Waals surface area contributed by atoms with Crippen molar-refractivity contribution in [2.24, 2.45) is 0 Å². The second kappa shape index (κ2) is 5.71. The first-order chi connectivity index (χ1) is 8.63. The van der Waals surface area contributed by atoms with E-state index in [2.05, 4.69) is 5.32 Å². The van der Waals surface area contributed by atoms with Crippen molar-refractivity contribution in [2.75, 3.05) is 24.2 Å². The van der Waals surface area contributed by atoms with Gasteiger partial charge in [0.05, 0.1) is 5.69 Å². The van der Waals surface area contributed by atoms with Gasteiger partial charge in [0.25, 0.3) is 0 Å². The number of nitrogens with one attached hydrogen (secondary N) is 1. The van der Waals surface area contributed by atoms with Gasteiger partial charge in [0.1, 0.15) is 5.82 Å². The fourth-order valence-electron chi connectivity index (χ4n) is 2.06. The molecule has 1 aromatic rings. The molecule has 1 aromatic carbocycles. The van der Waals surface area contributed by atoms with Crippen molar-refractivity contribution >= 4 is 23.4 Å². The van der Waals surface area contributed by atoms with Crippen LogP contribution in [0.5, 0.6) is 0 Å². The Labute approximate surface area is 111 Å². The highest BCUT2D eigenvalue weighted by Crippen LogP contribution is 2.38. The van der Waals surface area contributed by atoms with E-state index in [1.165, 1.54) is 12.1 Å². The molecule has 98 valence electrons. The molecule has 0 saturated carbocycles. The first-order valence-electron chi connectivity index (χ1n) is 6.02. The van der Waals surface area contributed by atoms with E-state index in [1.54, 1.807) is 22.7 Å². The summed E-state index contributed by atoms with van der Waals surface area (Å²) >= 11 is 1.61. The van der Waals surface area contributed by atoms with Gasteiger partial charge >= 0.3 is 0 Å². The Kier molecular flexibility index (Phi) is 4.24. The predicted octanol–water partition coefficient (Wildman–Crippen LogP) is 2.26. The normalized spacial score (nSPS) is 18.6. The summed E-state index contributed by atoms with van der Waals surface area (Å²) in [6, 6.07) is 4.77. The molecular weight excluding hydrogens is 251 g/mol. The van der Waals surface area contributed by atoms with Crippen molar-refractivity contribution in [3.05, 3.63) is 24.0 Å². The van der Waals surface area contributed by atoms with Crippen LogP contribution in [0.1, 0.15) is 13.3 Å². The molecule has 0 aliphatic carbocycles. The second-order valence-corrected chi connectivity index (χ2v) is 5.45. The molecule has 0 spiro atoms. The highest BCUT2D eigenvalue weighted by atomic mass is 32.2. The van der Waals surface area contributed by atoms with E-state index in [0.29, 0.717) is 13.0 Å². The van der Waals surface area contributed by atoms with Gasteiger partial charge in [0.2, 0.25) is 5.91 Å². The van der Waals surface area contributed by atoms with E-state index in [1.807, 2.05) is 14.0 Å². The number of nitrogens with zero attached hydrogens (tertiary/aromatic N) is 1. The van der Waals surface area contributed by atoms with Gasteiger partial charge < -0.3 is 10.2 Å². The van der Waals surface area contributed by atoms with Gasteiger partial charge in [0, 0.05) is 29.7 Å². The number of benzene rings is 1. The topological polar surface area (TPSA) is 32.3 Å². The van der Waals surface area contributed by atoms with Crippen LogP contribution in [-0.4, -0.2) is 31.3 Å². The summed E-state index contributed by atoms with van der Waals surface area (Å²) in [6.07, 6.45) is 0.461. The molecule has 5 heteroatoms. The average molecular weight is 268 g/mol. The molecule has 1 aliphatic rings. The molecule has 1 atom stereocenters. The largest absolute Gasteiger partial charge is 0.319 e. The second-order valence-electron chi connectivity index (χ2n) is 4.39. The highest BCUT2D eigenvalue weighted by Gasteiger charge is 2.28. The van der Waals surface area contributed by atoms with Crippen LogP contribution in [0.4, 0.5) is 10.1 Å². The number of thioether (sulfide) groups is 1. The molecule has 18 heavy (non-hydrogen) atoms. The van der Waals surface area contributed by atoms with Crippen molar-refractivity contribution in [1.82, 2.24) is 5.32 Å². The molecule has 0 saturated heterocycles. The molecule has 1 heterocycles. The Morgan fingerprint density at radius 1 is 1.61 bits per heavy atom. The van der Waals surface area contributed by atoms with Crippen molar-refractivity contribution in [3.63, 3.8) is 0 Å². The standard InChI is InChI=1S/C13H17FN2OS/c1-9-8-18-12-7-10(14)3-4-11(12)16(9)13(17)5-6-15-2/h3-4,7,9,15H,5-6,8H2,1-2H3. The summed E-state index contributed by atoms with van der Waals surface area (Å²) in [4.78, 5) is 14.8. The average Bonchev–Trinajstić information content (AvgIpc) is 2.36. The number of anilines is 1. The van der Waals surface area contributed by atoms with Crippen molar-refractivity contribution in [2.45, 2.75) is 24.3 Å². The van der Waals surface area contributed by atoms with E-state index >= 15 is 0 Å². The minimum Gasteiger partial charge on any atom is -0.319 e. The monoisotopic (exact) mass is 268 g/mol. The van der Waals surface area contributed by atoms with Gasteiger partial charge in [-0.15, -0.1) is 11.8 Å². The van der Waals surface area contributed by atoms with Gasteiger partial charge in [-0.1, -0.05) is 0 Å². The van der Waals surface area contributed by atoms with E-state index in [9.17, 15) is 9.18 Å². The van der Waals surface area contributed by atoms with Crippen LogP contribution < -0.4 is 10.2 Å². The zero-order valence-corrected chi connectivity index (χ0v) is 11.4. The molecule has 0 bridgehead atoms. The van der Waals surface area contributed by atoms with E-state index in [0.717, 1.165) is 16.3 Å². The third-order valence-electron chi connectivity index (χ3n) is 2.96. The number of hydrogen-bond donors (Lipinski definition) is 1. The summed E-state index contributed by atoms with van der Waals surface area (Å²) in [5.74, 6) is 0.644. The number of carbonyl (C=O) groups excluding carboxylic acids is 1. The van der Waals surface area contributed by atoms with Gasteiger partial charge in [-0.2, -0.15) is 0 Å². The summed E-state index contributed by atoms with van der Waals surface area (Å²) in [5.41, 5.74) is 0.834. The van der Waals surface area contributed by atoms with Gasteiger partial charge in [0.15, 0.2) is 0 Å². The fraction of sp³-hybridized carbons (Fsp3) is 0.462. The number of hydrogen-bond acceptors (Lipinski definition) is 3. The molecule has 1 N–H and O–H groups in total. The molecule has 3 nitrogen and oxygen atoms in total. The quantitative estimate of drug-likeness (QED) is 0.912. The fourth-order valence-corrected chi connectivity index (χ4v) is 3.14. The molecule has 1 unspecified atom stereocenters. The smallest absolute Gasteiger partial charge is 0.228 e. The number of carbonyl (C=O) groups is 1. The lowest BCUT2D eigenvalue weighted by Crippen LogP contribution is -2.43. The van der Waals surface area contributed by atoms with Crippen LogP contribution >= 0.6 is 11.8 Å². The highest BCUT2D eigenvalue weighted by molar-refractivity contribution is 7.99. The lowest BCUT2D eigenvalue weighted by Gasteiger charge is -2.35. The Balaban J connectivity index is 2.27. The third-order valence-corrected chi connectivity index (χ3v) is 4.25. The zero-order valence-electron chi connectivity index (χ0n) is 10.6. The molecule has 0 aromatic heterocycles. The van der Waals surface area contributed by atoms with Crippen LogP contribution in [0.15, 0.2) is 23.1 Å². The third kappa shape index (κ3) is 2.67. The summed E-state index contributed by atoms with van der Waals surface area (Å²) in [7, 11) is 1.83. The van der Waals surface area contributed by atoms with E-state index in [-0.39, 0.29) is 17.8 Å². The van der Waals surface area contributed by atoms with Crippen LogP contribution in [0.2, 0.25) is 0 Å². The van der Waals surface area contributed by atoms with Crippen LogP contribution in [-0.2, 0) is 4.79 Å². The Morgan fingerprint density at radius 2 is 2.39 bits per heavy atom. The van der Waals surface area contributed by atoms with Gasteiger partial charge in [-0.3, -0.25) is 4.79 Å². The maximum atomic E-state index is 13.2. The van der Waals surface area contributed by atoms with Crippen LogP contribution in [0.3, 0.4) is 0 Å². The maximum Gasteiger partial charge on any atom is 0.228 e. The molecule has 1 amide bonds. The number of rotatable bonds is 3. The summed E-state index contributed by atoms with van der Waals surface area (Å²) in [6.45, 7) is 2.68. The molecule has 1 aliphatic heterocycles. The molecule has 0 fully saturated rings. The van der Waals surface area contributed by atoms with E-state index < -0.39 is 0 Å². The van der Waals surface area contributed by atoms with Crippen LogP contribution in [0.25, 0.3) is 0 Å². The van der Waals surface area contributed by atoms with Gasteiger partial charge in [-0.05, 0) is 32.2 Å². The number of halogens is 1. The van der Waals surface area contributed by atoms with E-state index in [4.69, 9.17) is 0 Å². The van der Waals surface area contributed by atoms with Crippen molar-refractivity contribution in [3.8, 4) is 0 Å². The predicted molar refractivity (Wildman–Crippen MR) is 72.6 cm³/mol. The Morgan fingerprint density at radius 3 is 3.11 bits per heavy atom. The minimum absolute atomic E-state index is 0.0880. The SMILES string of the molecule is CNCCC(=O)N1c2ccc(F)cc2SCC1C. The molecule has 2 rings (SSSR count). The lowest BCUT2D eigenvalue weighted by atomic mass is 10.2. The van der Waals surface area contributed by atoms with Gasteiger partial charge in [-0.25, -0.2) is 4.39 Å². The first-order valence-corrected chi connectivity index (χ1v) is 7.01. The Hall–Kier alpha value is -1.07. The minimum atomic E-state index is -0.251. The maximum absolute atomic E-state index is 13.2. The van der Waals surface area contributed by atoms with Crippen LogP contribution in [0, 0.1) is 5.82 Å². The molecular formula is C13H17FN2OS. The summed E-state index contributed by atoms with van der Waals surface area (Å²) in [5, 5.41) is 2.97. The summed E-state index contributed by atoms with van der Waals surface area (Å²) < 4.78 is 13.2. The molecule has 0 radical (unpaired) electrons. The number of amides is 1. The van der Waals surface area contributed by atoms with Crippen molar-refractivity contribution < 1.29 is 9.18 Å². The lowest BCUT2D eigenvalue weighted by molar-refractivity contribution is -0.118.